The number of carbonyl (C=O) groups is 1. The number of carbonyl (C=O) groups excluding carboxylic acids is 1. The van der Waals surface area contributed by atoms with Crippen molar-refractivity contribution >= 4 is 44.4 Å². The molecule has 0 bridgehead atoms. The summed E-state index contributed by atoms with van der Waals surface area (Å²) in [7, 11) is 0. The van der Waals surface area contributed by atoms with Crippen LogP contribution < -0.4 is 5.32 Å². The lowest BCUT2D eigenvalue weighted by Crippen LogP contribution is -2.14. The van der Waals surface area contributed by atoms with Crippen LogP contribution in [0.5, 0.6) is 0 Å². The number of halogens is 1. The van der Waals surface area contributed by atoms with E-state index >= 15 is 0 Å². The topological polar surface area (TPSA) is 85.6 Å². The number of pyridine rings is 1. The maximum Gasteiger partial charge on any atom is 0.236 e. The Labute approximate surface area is 190 Å². The van der Waals surface area contributed by atoms with Crippen molar-refractivity contribution in [2.24, 2.45) is 0 Å². The Kier molecular flexibility index (Phi) is 5.61. The zero-order chi connectivity index (χ0) is 21.9. The highest BCUT2D eigenvalue weighted by Gasteiger charge is 2.18. The normalized spacial score (nSPS) is 11.0. The van der Waals surface area contributed by atoms with Gasteiger partial charge >= 0.3 is 0 Å². The second kappa shape index (κ2) is 8.85. The lowest BCUT2D eigenvalue weighted by molar-refractivity contribution is -0.113. The first-order chi connectivity index (χ1) is 15.7. The highest BCUT2D eigenvalue weighted by molar-refractivity contribution is 7.99. The molecule has 5 rings (SSSR count). The van der Waals surface area contributed by atoms with Crippen LogP contribution in [-0.4, -0.2) is 36.4 Å². The maximum atomic E-state index is 13.5. The van der Waals surface area contributed by atoms with E-state index in [1.165, 1.54) is 35.2 Å². The van der Waals surface area contributed by atoms with E-state index in [-0.39, 0.29) is 17.5 Å². The number of thioether (sulfide) groups is 1. The molecule has 5 aromatic rings. The quantitative estimate of drug-likeness (QED) is 0.365. The smallest absolute Gasteiger partial charge is 0.236 e. The fraction of sp³-hybridized carbons (Fsp3) is 0.0455. The third kappa shape index (κ3) is 4.23. The average Bonchev–Trinajstić information content (AvgIpc) is 3.42. The van der Waals surface area contributed by atoms with E-state index in [4.69, 9.17) is 0 Å². The number of hydrogen-bond donors (Lipinski definition) is 1. The standard InChI is InChI=1S/C22H15FN6OS2/c23-15-7-9-16(10-8-15)29-20(14-4-3-11-24-12-14)27-28-22(29)31-13-19(30)26-21-25-17-5-1-2-6-18(17)32-21/h1-12H,13H2,(H,25,26,30). The molecule has 3 heterocycles. The van der Waals surface area contributed by atoms with E-state index in [1.54, 1.807) is 35.2 Å². The summed E-state index contributed by atoms with van der Waals surface area (Å²) in [4.78, 5) is 21.1. The molecule has 10 heteroatoms. The SMILES string of the molecule is O=C(CSc1nnc(-c2cccnc2)n1-c1ccc(F)cc1)Nc1nc2ccccc2s1. The molecule has 0 spiro atoms. The van der Waals surface area contributed by atoms with Crippen LogP contribution in [0.15, 0.2) is 78.2 Å². The van der Waals surface area contributed by atoms with Gasteiger partial charge in [-0.1, -0.05) is 35.2 Å². The highest BCUT2D eigenvalue weighted by atomic mass is 32.2. The van der Waals surface area contributed by atoms with Crippen molar-refractivity contribution in [2.45, 2.75) is 5.16 Å². The first-order valence-corrected chi connectivity index (χ1v) is 11.4. The van der Waals surface area contributed by atoms with Gasteiger partial charge in [0.1, 0.15) is 5.82 Å². The number of fused-ring (bicyclic) bond motifs is 1. The van der Waals surface area contributed by atoms with Gasteiger partial charge in [0.15, 0.2) is 16.1 Å². The molecular formula is C22H15FN6OS2. The van der Waals surface area contributed by atoms with Crippen LogP contribution in [-0.2, 0) is 4.79 Å². The van der Waals surface area contributed by atoms with Crippen molar-refractivity contribution < 1.29 is 9.18 Å². The van der Waals surface area contributed by atoms with E-state index in [0.717, 1.165) is 15.8 Å². The molecule has 32 heavy (non-hydrogen) atoms. The van der Waals surface area contributed by atoms with Crippen molar-refractivity contribution in [1.29, 1.82) is 0 Å². The molecular weight excluding hydrogens is 447 g/mol. The second-order valence-corrected chi connectivity index (χ2v) is 8.66. The monoisotopic (exact) mass is 462 g/mol. The molecule has 0 unspecified atom stereocenters. The van der Waals surface area contributed by atoms with E-state index in [9.17, 15) is 9.18 Å². The summed E-state index contributed by atoms with van der Waals surface area (Å²) >= 11 is 2.66. The van der Waals surface area contributed by atoms with Gasteiger partial charge in [0.05, 0.1) is 16.0 Å². The molecule has 7 nitrogen and oxygen atoms in total. The lowest BCUT2D eigenvalue weighted by Gasteiger charge is -2.10. The zero-order valence-electron chi connectivity index (χ0n) is 16.5. The van der Waals surface area contributed by atoms with Gasteiger partial charge in [0.25, 0.3) is 0 Å². The number of thiazole rings is 1. The Balaban J connectivity index is 1.38. The summed E-state index contributed by atoms with van der Waals surface area (Å²) in [5.74, 6) is 0.126. The largest absolute Gasteiger partial charge is 0.301 e. The van der Waals surface area contributed by atoms with Crippen LogP contribution >= 0.6 is 23.1 Å². The van der Waals surface area contributed by atoms with E-state index in [0.29, 0.717) is 21.8 Å². The Morgan fingerprint density at radius 2 is 1.91 bits per heavy atom. The fourth-order valence-electron chi connectivity index (χ4n) is 3.08. The molecule has 0 saturated carbocycles. The molecule has 0 radical (unpaired) electrons. The van der Waals surface area contributed by atoms with Crippen LogP contribution in [0.2, 0.25) is 0 Å². The first kappa shape index (κ1) is 20.3. The molecule has 1 amide bonds. The molecule has 158 valence electrons. The van der Waals surface area contributed by atoms with Crippen LogP contribution in [0.1, 0.15) is 0 Å². The number of anilines is 1. The summed E-state index contributed by atoms with van der Waals surface area (Å²) in [6.07, 6.45) is 3.35. The first-order valence-electron chi connectivity index (χ1n) is 9.57. The predicted molar refractivity (Wildman–Crippen MR) is 124 cm³/mol. The molecule has 0 aliphatic heterocycles. The number of hydrogen-bond acceptors (Lipinski definition) is 7. The summed E-state index contributed by atoms with van der Waals surface area (Å²) < 4.78 is 16.3. The van der Waals surface area contributed by atoms with E-state index in [1.807, 2.05) is 30.3 Å². The van der Waals surface area contributed by atoms with Gasteiger partial charge in [-0.2, -0.15) is 0 Å². The van der Waals surface area contributed by atoms with E-state index < -0.39 is 0 Å². The van der Waals surface area contributed by atoms with Gasteiger partial charge < -0.3 is 5.32 Å². The Morgan fingerprint density at radius 1 is 1.06 bits per heavy atom. The summed E-state index contributed by atoms with van der Waals surface area (Å²) in [5.41, 5.74) is 2.29. The van der Waals surface area contributed by atoms with Gasteiger partial charge in [-0.25, -0.2) is 9.37 Å². The number of rotatable bonds is 6. The predicted octanol–water partition coefficient (Wildman–Crippen LogP) is 4.81. The third-order valence-electron chi connectivity index (χ3n) is 4.51. The minimum absolute atomic E-state index is 0.113. The Bertz CT molecular complexity index is 1350. The number of nitrogens with zero attached hydrogens (tertiary/aromatic N) is 5. The van der Waals surface area contributed by atoms with Crippen LogP contribution in [0, 0.1) is 5.82 Å². The van der Waals surface area contributed by atoms with Gasteiger partial charge in [-0.3, -0.25) is 14.3 Å². The van der Waals surface area contributed by atoms with Gasteiger partial charge in [-0.15, -0.1) is 10.2 Å². The number of aromatic nitrogens is 5. The molecule has 0 atom stereocenters. The van der Waals surface area contributed by atoms with Crippen molar-refractivity contribution in [2.75, 3.05) is 11.1 Å². The molecule has 3 aromatic heterocycles. The van der Waals surface area contributed by atoms with Gasteiger partial charge in [-0.05, 0) is 48.5 Å². The zero-order valence-corrected chi connectivity index (χ0v) is 18.1. The van der Waals surface area contributed by atoms with E-state index in [2.05, 4.69) is 25.5 Å². The summed E-state index contributed by atoms with van der Waals surface area (Å²) in [6, 6.07) is 17.4. The third-order valence-corrected chi connectivity index (χ3v) is 6.39. The molecule has 2 aromatic carbocycles. The summed E-state index contributed by atoms with van der Waals surface area (Å²) in [6.45, 7) is 0. The van der Waals surface area contributed by atoms with Crippen LogP contribution in [0.3, 0.4) is 0 Å². The molecule has 0 aliphatic carbocycles. The molecule has 0 saturated heterocycles. The summed E-state index contributed by atoms with van der Waals surface area (Å²) in [5, 5.41) is 12.5. The minimum Gasteiger partial charge on any atom is -0.301 e. The number of benzene rings is 2. The number of nitrogens with one attached hydrogen (secondary N) is 1. The maximum absolute atomic E-state index is 13.5. The molecule has 0 aliphatic rings. The van der Waals surface area contributed by atoms with Crippen molar-refractivity contribution in [3.63, 3.8) is 0 Å². The van der Waals surface area contributed by atoms with Crippen molar-refractivity contribution in [3.8, 4) is 17.1 Å². The van der Waals surface area contributed by atoms with Crippen molar-refractivity contribution in [1.82, 2.24) is 24.7 Å². The van der Waals surface area contributed by atoms with Crippen molar-refractivity contribution in [3.05, 3.63) is 78.9 Å². The lowest BCUT2D eigenvalue weighted by atomic mass is 10.2. The van der Waals surface area contributed by atoms with Crippen LogP contribution in [0.4, 0.5) is 9.52 Å². The number of para-hydroxylation sites is 1. The Hall–Kier alpha value is -3.63. The molecule has 0 fully saturated rings. The molecule has 1 N–H and O–H groups in total. The van der Waals surface area contributed by atoms with Crippen LogP contribution in [0.25, 0.3) is 27.3 Å². The Morgan fingerprint density at radius 3 is 2.69 bits per heavy atom. The number of amides is 1. The highest BCUT2D eigenvalue weighted by Crippen LogP contribution is 2.29. The van der Waals surface area contributed by atoms with Gasteiger partial charge in [0, 0.05) is 23.6 Å². The fourth-order valence-corrected chi connectivity index (χ4v) is 4.71. The second-order valence-electron chi connectivity index (χ2n) is 6.68. The van der Waals surface area contributed by atoms with Gasteiger partial charge in [0.2, 0.25) is 5.91 Å². The minimum atomic E-state index is -0.339. The average molecular weight is 463 g/mol.